The summed E-state index contributed by atoms with van der Waals surface area (Å²) in [4.78, 5) is 23.7. The summed E-state index contributed by atoms with van der Waals surface area (Å²) < 4.78 is 5.24. The van der Waals surface area contributed by atoms with Crippen LogP contribution >= 0.6 is 0 Å². The van der Waals surface area contributed by atoms with Crippen molar-refractivity contribution in [1.82, 2.24) is 5.32 Å². The van der Waals surface area contributed by atoms with Gasteiger partial charge in [0.1, 0.15) is 5.75 Å². The summed E-state index contributed by atoms with van der Waals surface area (Å²) in [6.45, 7) is 0.962. The van der Waals surface area contributed by atoms with E-state index in [9.17, 15) is 9.59 Å². The van der Waals surface area contributed by atoms with E-state index in [4.69, 9.17) is 14.9 Å². The molecule has 0 saturated heterocycles. The molecule has 0 bridgehead atoms. The molecule has 1 aliphatic carbocycles. The molecule has 0 amide bonds. The standard InChI is InChI=1S/C12H14N2O.C4H4O4/c1-15-11-3-2-9-5-12(6-10(9)4-11)7-13-8-14-12;5-3(6)1-2-4(7)8/h2-4,8H,5-7H2,1H3,(H,13,14);1-2H,(H,5,6)(H,7,8)/b;2-1+. The fourth-order valence-electron chi connectivity index (χ4n) is 2.66. The zero-order valence-corrected chi connectivity index (χ0v) is 12.7. The number of rotatable bonds is 3. The molecular weight excluding hydrogens is 300 g/mol. The smallest absolute Gasteiger partial charge is 0.328 e. The maximum atomic E-state index is 9.55. The van der Waals surface area contributed by atoms with E-state index in [0.29, 0.717) is 12.2 Å². The minimum atomic E-state index is -1.26. The summed E-state index contributed by atoms with van der Waals surface area (Å²) in [5, 5.41) is 18.8. The van der Waals surface area contributed by atoms with E-state index in [1.807, 2.05) is 12.4 Å². The number of aliphatic imine (C=N–C) groups is 1. The van der Waals surface area contributed by atoms with E-state index < -0.39 is 11.9 Å². The molecule has 2 aliphatic rings. The van der Waals surface area contributed by atoms with Crippen LogP contribution in [0.5, 0.6) is 5.75 Å². The normalized spacial score (nSPS) is 20.7. The van der Waals surface area contributed by atoms with Crippen molar-refractivity contribution in [3.05, 3.63) is 41.5 Å². The summed E-state index contributed by atoms with van der Waals surface area (Å²) in [7, 11) is 1.71. The fourth-order valence-corrected chi connectivity index (χ4v) is 2.66. The van der Waals surface area contributed by atoms with E-state index in [2.05, 4.69) is 22.4 Å². The van der Waals surface area contributed by atoms with Crippen molar-refractivity contribution in [2.24, 2.45) is 4.99 Å². The molecule has 1 atom stereocenters. The molecule has 0 fully saturated rings. The maximum absolute atomic E-state index is 9.55. The Hall–Kier alpha value is -2.83. The summed E-state index contributed by atoms with van der Waals surface area (Å²) >= 11 is 0. The van der Waals surface area contributed by atoms with Gasteiger partial charge in [-0.05, 0) is 29.7 Å². The molecular formula is C16H18N2O5. The van der Waals surface area contributed by atoms with Gasteiger partial charge < -0.3 is 20.3 Å². The summed E-state index contributed by atoms with van der Waals surface area (Å²) in [5.74, 6) is -1.57. The molecule has 1 heterocycles. The number of nitrogens with zero attached hydrogens (tertiary/aromatic N) is 1. The topological polar surface area (TPSA) is 108 Å². The molecule has 0 saturated carbocycles. The summed E-state index contributed by atoms with van der Waals surface area (Å²) in [5.41, 5.74) is 2.89. The Kier molecular flexibility index (Phi) is 5.00. The lowest BCUT2D eigenvalue weighted by molar-refractivity contribution is -0.134. The number of hydrogen-bond acceptors (Lipinski definition) is 5. The molecule has 0 aromatic heterocycles. The lowest BCUT2D eigenvalue weighted by atomic mass is 9.98. The highest BCUT2D eigenvalue weighted by atomic mass is 16.5. The number of hydrogen-bond donors (Lipinski definition) is 3. The lowest BCUT2D eigenvalue weighted by Crippen LogP contribution is -2.32. The Morgan fingerprint density at radius 2 is 1.87 bits per heavy atom. The number of benzene rings is 1. The molecule has 3 rings (SSSR count). The van der Waals surface area contributed by atoms with Gasteiger partial charge in [0.15, 0.2) is 0 Å². The fraction of sp³-hybridized carbons (Fsp3) is 0.312. The van der Waals surface area contributed by atoms with Gasteiger partial charge >= 0.3 is 11.9 Å². The van der Waals surface area contributed by atoms with Crippen molar-refractivity contribution in [2.75, 3.05) is 13.7 Å². The molecule has 0 radical (unpaired) electrons. The molecule has 1 aromatic rings. The van der Waals surface area contributed by atoms with Gasteiger partial charge in [-0.25, -0.2) is 9.59 Å². The van der Waals surface area contributed by atoms with E-state index in [1.165, 1.54) is 11.1 Å². The summed E-state index contributed by atoms with van der Waals surface area (Å²) in [6, 6.07) is 6.33. The van der Waals surface area contributed by atoms with Crippen LogP contribution in [0.1, 0.15) is 11.1 Å². The molecule has 1 aliphatic heterocycles. The number of carbonyl (C=O) groups is 2. The van der Waals surface area contributed by atoms with Gasteiger partial charge in [0.05, 0.1) is 19.0 Å². The Labute approximate surface area is 133 Å². The van der Waals surface area contributed by atoms with E-state index in [-0.39, 0.29) is 5.54 Å². The monoisotopic (exact) mass is 318 g/mol. The van der Waals surface area contributed by atoms with Crippen molar-refractivity contribution in [3.63, 3.8) is 0 Å². The molecule has 1 unspecified atom stereocenters. The number of ether oxygens (including phenoxy) is 1. The molecule has 1 spiro atoms. The Bertz CT molecular complexity index is 652. The van der Waals surface area contributed by atoms with Gasteiger partial charge in [0.25, 0.3) is 0 Å². The van der Waals surface area contributed by atoms with Crippen molar-refractivity contribution in [3.8, 4) is 5.75 Å². The highest BCUT2D eigenvalue weighted by Gasteiger charge is 2.38. The second kappa shape index (κ2) is 6.95. The van der Waals surface area contributed by atoms with Gasteiger partial charge in [-0.3, -0.25) is 4.99 Å². The third-order valence-corrected chi connectivity index (χ3v) is 3.68. The van der Waals surface area contributed by atoms with Crippen LogP contribution in [0.3, 0.4) is 0 Å². The zero-order valence-electron chi connectivity index (χ0n) is 12.7. The van der Waals surface area contributed by atoms with Crippen LogP contribution in [0.25, 0.3) is 0 Å². The third-order valence-electron chi connectivity index (χ3n) is 3.68. The molecule has 3 N–H and O–H groups in total. The number of carboxylic acids is 2. The first-order valence-electron chi connectivity index (χ1n) is 7.01. The van der Waals surface area contributed by atoms with Crippen LogP contribution in [0.2, 0.25) is 0 Å². The summed E-state index contributed by atoms with van der Waals surface area (Å²) in [6.07, 6.45) is 5.03. The van der Waals surface area contributed by atoms with E-state index >= 15 is 0 Å². The van der Waals surface area contributed by atoms with Crippen molar-refractivity contribution in [1.29, 1.82) is 0 Å². The number of carboxylic acid groups (broad SMARTS) is 2. The van der Waals surface area contributed by atoms with Crippen LogP contribution in [-0.2, 0) is 22.4 Å². The number of aliphatic carboxylic acids is 2. The van der Waals surface area contributed by atoms with Crippen LogP contribution in [0, 0.1) is 0 Å². The average Bonchev–Trinajstić information content (AvgIpc) is 3.11. The van der Waals surface area contributed by atoms with Crippen LogP contribution in [0.4, 0.5) is 0 Å². The number of methoxy groups -OCH3 is 1. The van der Waals surface area contributed by atoms with E-state index in [0.717, 1.165) is 25.1 Å². The number of fused-ring (bicyclic) bond motifs is 1. The largest absolute Gasteiger partial charge is 0.497 e. The molecule has 7 nitrogen and oxygen atoms in total. The predicted molar refractivity (Wildman–Crippen MR) is 84.0 cm³/mol. The lowest BCUT2D eigenvalue weighted by Gasteiger charge is -2.17. The Balaban J connectivity index is 0.000000207. The Morgan fingerprint density at radius 3 is 2.39 bits per heavy atom. The molecule has 1 aromatic carbocycles. The molecule has 23 heavy (non-hydrogen) atoms. The highest BCUT2D eigenvalue weighted by molar-refractivity contribution is 5.89. The maximum Gasteiger partial charge on any atom is 0.328 e. The van der Waals surface area contributed by atoms with Crippen LogP contribution in [-0.4, -0.2) is 47.7 Å². The van der Waals surface area contributed by atoms with Crippen LogP contribution in [0.15, 0.2) is 35.3 Å². The van der Waals surface area contributed by atoms with Crippen LogP contribution < -0.4 is 10.1 Å². The predicted octanol–water partition coefficient (Wildman–Crippen LogP) is 0.876. The molecule has 122 valence electrons. The second-order valence-corrected chi connectivity index (χ2v) is 5.36. The van der Waals surface area contributed by atoms with Crippen molar-refractivity contribution in [2.45, 2.75) is 18.4 Å². The zero-order chi connectivity index (χ0) is 16.9. The van der Waals surface area contributed by atoms with Gasteiger partial charge in [0.2, 0.25) is 0 Å². The minimum absolute atomic E-state index is 0.0920. The third kappa shape index (κ3) is 4.32. The second-order valence-electron chi connectivity index (χ2n) is 5.36. The quantitative estimate of drug-likeness (QED) is 0.714. The highest BCUT2D eigenvalue weighted by Crippen LogP contribution is 2.35. The average molecular weight is 318 g/mol. The van der Waals surface area contributed by atoms with Gasteiger partial charge in [-0.15, -0.1) is 0 Å². The minimum Gasteiger partial charge on any atom is -0.497 e. The van der Waals surface area contributed by atoms with Crippen molar-refractivity contribution < 1.29 is 24.5 Å². The van der Waals surface area contributed by atoms with Gasteiger partial charge in [-0.1, -0.05) is 6.07 Å². The van der Waals surface area contributed by atoms with Gasteiger partial charge in [0, 0.05) is 25.1 Å². The molecule has 7 heteroatoms. The van der Waals surface area contributed by atoms with Crippen molar-refractivity contribution >= 4 is 18.3 Å². The number of nitrogens with one attached hydrogen (secondary N) is 1. The first kappa shape index (κ1) is 16.5. The van der Waals surface area contributed by atoms with Gasteiger partial charge in [-0.2, -0.15) is 0 Å². The first-order chi connectivity index (χ1) is 10.9. The van der Waals surface area contributed by atoms with E-state index in [1.54, 1.807) is 7.11 Å². The Morgan fingerprint density at radius 1 is 1.22 bits per heavy atom. The SMILES string of the molecule is COc1ccc2c(c1)CC1(CNC=N1)C2.O=C(O)/C=C/C(=O)O. The first-order valence-corrected chi connectivity index (χ1v) is 7.01.